The second-order valence-corrected chi connectivity index (χ2v) is 6.93. The van der Waals surface area contributed by atoms with Crippen LogP contribution < -0.4 is 0 Å². The minimum Gasteiger partial charge on any atom is -0.394 e. The van der Waals surface area contributed by atoms with Crippen molar-refractivity contribution in [2.45, 2.75) is 46.2 Å². The largest absolute Gasteiger partial charge is 0.394 e. The number of hydrogen-bond donors (Lipinski definition) is 1. The molecule has 0 unspecified atom stereocenters. The summed E-state index contributed by atoms with van der Waals surface area (Å²) in [5, 5.41) is 20.4. The molecule has 3 heterocycles. The van der Waals surface area contributed by atoms with E-state index in [0.717, 1.165) is 43.1 Å². The van der Waals surface area contributed by atoms with Gasteiger partial charge in [0.2, 0.25) is 0 Å². The van der Waals surface area contributed by atoms with Gasteiger partial charge in [0.15, 0.2) is 5.82 Å². The molecular weight excluding hydrogens is 322 g/mol. The van der Waals surface area contributed by atoms with Crippen molar-refractivity contribution in [2.24, 2.45) is 0 Å². The molecule has 0 amide bonds. The molecule has 0 saturated carbocycles. The van der Waals surface area contributed by atoms with Crippen molar-refractivity contribution in [3.63, 3.8) is 0 Å². The van der Waals surface area contributed by atoms with Crippen LogP contribution in [-0.2, 0) is 25.9 Å². The third-order valence-electron chi connectivity index (χ3n) is 3.89. The summed E-state index contributed by atoms with van der Waals surface area (Å²) in [6.45, 7) is 5.52. The molecule has 0 aliphatic rings. The molecule has 0 aromatic carbocycles. The number of aliphatic hydroxyl groups excluding tert-OH is 1. The van der Waals surface area contributed by atoms with Crippen LogP contribution in [0.2, 0.25) is 0 Å². The summed E-state index contributed by atoms with van der Waals surface area (Å²) in [5.41, 5.74) is 2.23. The number of aromatic nitrogens is 5. The number of aryl methyl sites for hydroxylation is 4. The Labute approximate surface area is 145 Å². The molecule has 1 N–H and O–H groups in total. The van der Waals surface area contributed by atoms with Gasteiger partial charge in [0, 0.05) is 30.0 Å². The van der Waals surface area contributed by atoms with Crippen LogP contribution in [0.3, 0.4) is 0 Å². The molecule has 3 aromatic heterocycles. The first-order valence-electron chi connectivity index (χ1n) is 8.22. The fourth-order valence-corrected chi connectivity index (χ4v) is 3.52. The van der Waals surface area contributed by atoms with Crippen LogP contribution >= 0.6 is 11.3 Å². The predicted octanol–water partition coefficient (Wildman–Crippen LogP) is 2.37. The van der Waals surface area contributed by atoms with Gasteiger partial charge >= 0.3 is 0 Å². The maximum Gasteiger partial charge on any atom is 0.156 e. The lowest BCUT2D eigenvalue weighted by molar-refractivity contribution is 0.266. The number of rotatable bonds is 8. The summed E-state index contributed by atoms with van der Waals surface area (Å²) in [6, 6.07) is 6.23. The second kappa shape index (κ2) is 7.72. The number of hydrogen-bond acceptors (Lipinski definition) is 5. The van der Waals surface area contributed by atoms with Gasteiger partial charge in [0.05, 0.1) is 18.8 Å². The summed E-state index contributed by atoms with van der Waals surface area (Å²) in [4.78, 5) is 5.94. The summed E-state index contributed by atoms with van der Waals surface area (Å²) < 4.78 is 3.87. The van der Waals surface area contributed by atoms with Gasteiger partial charge in [-0.3, -0.25) is 4.68 Å². The quantitative estimate of drug-likeness (QED) is 0.680. The molecule has 0 fully saturated rings. The molecule has 0 bridgehead atoms. The van der Waals surface area contributed by atoms with Crippen LogP contribution in [0.25, 0.3) is 0 Å². The van der Waals surface area contributed by atoms with E-state index >= 15 is 0 Å². The Morgan fingerprint density at radius 2 is 2.04 bits per heavy atom. The van der Waals surface area contributed by atoms with Gasteiger partial charge in [-0.05, 0) is 37.8 Å². The molecule has 128 valence electrons. The van der Waals surface area contributed by atoms with Gasteiger partial charge in [-0.25, -0.2) is 9.67 Å². The molecular formula is C17H23N5OS. The number of nitrogens with zero attached hydrogens (tertiary/aromatic N) is 5. The van der Waals surface area contributed by atoms with Crippen LogP contribution in [-0.4, -0.2) is 36.3 Å². The van der Waals surface area contributed by atoms with Crippen molar-refractivity contribution in [1.29, 1.82) is 0 Å². The second-order valence-electron chi connectivity index (χ2n) is 5.90. The molecule has 24 heavy (non-hydrogen) atoms. The Bertz CT molecular complexity index is 775. The molecule has 0 atom stereocenters. The number of thiophene rings is 1. The van der Waals surface area contributed by atoms with Gasteiger partial charge in [-0.15, -0.1) is 11.3 Å². The van der Waals surface area contributed by atoms with Crippen LogP contribution in [0.5, 0.6) is 0 Å². The maximum atomic E-state index is 9.25. The van der Waals surface area contributed by atoms with Crippen molar-refractivity contribution in [3.8, 4) is 0 Å². The molecule has 0 spiro atoms. The molecule has 6 nitrogen and oxygen atoms in total. The van der Waals surface area contributed by atoms with E-state index in [0.29, 0.717) is 6.54 Å². The van der Waals surface area contributed by atoms with Gasteiger partial charge in [0.25, 0.3) is 0 Å². The van der Waals surface area contributed by atoms with E-state index in [9.17, 15) is 5.11 Å². The Kier molecular flexibility index (Phi) is 5.42. The van der Waals surface area contributed by atoms with Crippen molar-refractivity contribution in [3.05, 3.63) is 51.5 Å². The summed E-state index contributed by atoms with van der Waals surface area (Å²) in [7, 11) is 0. The van der Waals surface area contributed by atoms with Crippen LogP contribution in [0.4, 0.5) is 0 Å². The van der Waals surface area contributed by atoms with Gasteiger partial charge in [0.1, 0.15) is 5.82 Å². The lowest BCUT2D eigenvalue weighted by Crippen LogP contribution is -2.10. The van der Waals surface area contributed by atoms with Gasteiger partial charge < -0.3 is 5.11 Å². The fraction of sp³-hybridized carbons (Fsp3) is 0.471. The van der Waals surface area contributed by atoms with Crippen molar-refractivity contribution < 1.29 is 5.11 Å². The smallest absolute Gasteiger partial charge is 0.156 e. The lowest BCUT2D eigenvalue weighted by atomic mass is 10.3. The van der Waals surface area contributed by atoms with Crippen LogP contribution in [0.1, 0.15) is 34.3 Å². The highest BCUT2D eigenvalue weighted by molar-refractivity contribution is 7.09. The molecule has 7 heteroatoms. The predicted molar refractivity (Wildman–Crippen MR) is 94.3 cm³/mol. The molecule has 3 rings (SSSR count). The highest BCUT2D eigenvalue weighted by Crippen LogP contribution is 2.14. The SMILES string of the molecule is Cc1cc(C)n(CCCc2nc(Cc3cccs3)nn2CCO)n1. The van der Waals surface area contributed by atoms with Crippen molar-refractivity contribution in [1.82, 2.24) is 24.5 Å². The standard InChI is InChI=1S/C17H23N5OS/c1-13-11-14(2)21(19-13)7-3-6-17-18-16(20-22(17)8-9-23)12-15-5-4-10-24-15/h4-5,10-11,23H,3,6-9,12H2,1-2H3. The topological polar surface area (TPSA) is 68.8 Å². The summed E-state index contributed by atoms with van der Waals surface area (Å²) in [6.07, 6.45) is 2.53. The Morgan fingerprint density at radius 3 is 2.71 bits per heavy atom. The first-order valence-corrected chi connectivity index (χ1v) is 9.10. The zero-order valence-electron chi connectivity index (χ0n) is 14.1. The van der Waals surface area contributed by atoms with Gasteiger partial charge in [-0.2, -0.15) is 10.2 Å². The third kappa shape index (κ3) is 4.10. The van der Waals surface area contributed by atoms with E-state index in [4.69, 9.17) is 0 Å². The minimum absolute atomic E-state index is 0.0757. The fourth-order valence-electron chi connectivity index (χ4n) is 2.82. The van der Waals surface area contributed by atoms with E-state index < -0.39 is 0 Å². The first kappa shape index (κ1) is 16.9. The molecule has 0 aliphatic carbocycles. The average molecular weight is 345 g/mol. The summed E-state index contributed by atoms with van der Waals surface area (Å²) >= 11 is 1.72. The summed E-state index contributed by atoms with van der Waals surface area (Å²) in [5.74, 6) is 1.77. The normalized spacial score (nSPS) is 11.3. The Hall–Kier alpha value is -1.99. The van der Waals surface area contributed by atoms with Crippen LogP contribution in [0, 0.1) is 13.8 Å². The third-order valence-corrected chi connectivity index (χ3v) is 4.77. The first-order chi connectivity index (χ1) is 11.7. The van der Waals surface area contributed by atoms with E-state index in [1.807, 2.05) is 22.4 Å². The van der Waals surface area contributed by atoms with Crippen molar-refractivity contribution in [2.75, 3.05) is 6.61 Å². The van der Waals surface area contributed by atoms with Crippen LogP contribution in [0.15, 0.2) is 23.6 Å². The van der Waals surface area contributed by atoms with E-state index in [1.165, 1.54) is 10.6 Å². The van der Waals surface area contributed by atoms with E-state index in [1.54, 1.807) is 11.3 Å². The average Bonchev–Trinajstić information content (AvgIpc) is 3.24. The monoisotopic (exact) mass is 345 g/mol. The van der Waals surface area contributed by atoms with Crippen molar-refractivity contribution >= 4 is 11.3 Å². The van der Waals surface area contributed by atoms with E-state index in [-0.39, 0.29) is 6.61 Å². The molecule has 3 aromatic rings. The highest BCUT2D eigenvalue weighted by Gasteiger charge is 2.11. The minimum atomic E-state index is 0.0757. The maximum absolute atomic E-state index is 9.25. The van der Waals surface area contributed by atoms with Gasteiger partial charge in [-0.1, -0.05) is 6.07 Å². The van der Waals surface area contributed by atoms with E-state index in [2.05, 4.69) is 39.6 Å². The Balaban J connectivity index is 1.64. The zero-order chi connectivity index (χ0) is 16.9. The highest BCUT2D eigenvalue weighted by atomic mass is 32.1. The molecule has 0 aliphatic heterocycles. The number of aliphatic hydroxyl groups is 1. The molecule has 0 saturated heterocycles. The Morgan fingerprint density at radius 1 is 1.17 bits per heavy atom. The molecule has 0 radical (unpaired) electrons. The zero-order valence-corrected chi connectivity index (χ0v) is 15.0. The lowest BCUT2D eigenvalue weighted by Gasteiger charge is -2.05.